The number of ketones is 1. The monoisotopic (exact) mass is 216 g/mol. The Kier molecular flexibility index (Phi) is 2.90. The molecule has 0 saturated carbocycles. The van der Waals surface area contributed by atoms with Gasteiger partial charge >= 0.3 is 0 Å². The van der Waals surface area contributed by atoms with Crippen molar-refractivity contribution in [2.75, 3.05) is 0 Å². The summed E-state index contributed by atoms with van der Waals surface area (Å²) in [5.74, 6) is 0.117. The molecule has 84 valence electrons. The van der Waals surface area contributed by atoms with Crippen LogP contribution in [0.25, 0.3) is 0 Å². The number of rotatable bonds is 3. The predicted molar refractivity (Wildman–Crippen MR) is 62.4 cm³/mol. The van der Waals surface area contributed by atoms with Crippen molar-refractivity contribution < 1.29 is 9.59 Å². The lowest BCUT2D eigenvalue weighted by atomic mass is 9.66. The molecule has 0 amide bonds. The quantitative estimate of drug-likeness (QED) is 0.727. The largest absolute Gasteiger partial charge is 0.303 e. The maximum atomic E-state index is 11.9. The average Bonchev–Trinajstić information content (AvgIpc) is 2.29. The summed E-state index contributed by atoms with van der Waals surface area (Å²) in [6.07, 6.45) is 4.01. The van der Waals surface area contributed by atoms with Crippen molar-refractivity contribution in [3.05, 3.63) is 35.4 Å². The first-order valence-electron chi connectivity index (χ1n) is 5.74. The number of hydrogen-bond donors (Lipinski definition) is 0. The van der Waals surface area contributed by atoms with Crippen molar-refractivity contribution >= 4 is 12.1 Å². The fraction of sp³-hybridized carbons (Fsp3) is 0.429. The number of fused-ring (bicyclic) bond motifs is 1. The summed E-state index contributed by atoms with van der Waals surface area (Å²) in [6.45, 7) is 1.60. The maximum Gasteiger partial charge on any atom is 0.140 e. The summed E-state index contributed by atoms with van der Waals surface area (Å²) < 4.78 is 0. The minimum atomic E-state index is -0.545. The zero-order valence-corrected chi connectivity index (χ0v) is 9.53. The molecule has 1 atom stereocenters. The molecular formula is C14H16O2. The molecule has 0 saturated heterocycles. The van der Waals surface area contributed by atoms with Crippen molar-refractivity contribution in [3.63, 3.8) is 0 Å². The van der Waals surface area contributed by atoms with Crippen LogP contribution >= 0.6 is 0 Å². The van der Waals surface area contributed by atoms with E-state index in [1.54, 1.807) is 6.92 Å². The molecule has 1 unspecified atom stereocenters. The average molecular weight is 216 g/mol. The molecule has 0 fully saturated rings. The molecule has 2 nitrogen and oxygen atoms in total. The van der Waals surface area contributed by atoms with E-state index in [2.05, 4.69) is 6.07 Å². The number of aldehydes is 1. The lowest BCUT2D eigenvalue weighted by Crippen LogP contribution is -2.38. The minimum Gasteiger partial charge on any atom is -0.303 e. The number of Topliss-reactive ketones (excluding diaryl/α,β-unsaturated/α-hetero) is 1. The topological polar surface area (TPSA) is 34.1 Å². The van der Waals surface area contributed by atoms with Gasteiger partial charge in [-0.1, -0.05) is 24.3 Å². The van der Waals surface area contributed by atoms with Crippen molar-refractivity contribution in [1.29, 1.82) is 0 Å². The summed E-state index contributed by atoms with van der Waals surface area (Å²) in [4.78, 5) is 22.8. The van der Waals surface area contributed by atoms with Gasteiger partial charge in [0, 0.05) is 6.42 Å². The van der Waals surface area contributed by atoms with Crippen LogP contribution in [0.2, 0.25) is 0 Å². The standard InChI is InChI=1S/C14H16O2/c1-11(16)14(9-10-15)8-4-6-12-5-2-3-7-13(12)14/h2-3,5,7,10H,4,6,8-9H2,1H3. The molecule has 0 spiro atoms. The summed E-state index contributed by atoms with van der Waals surface area (Å²) in [7, 11) is 0. The van der Waals surface area contributed by atoms with Gasteiger partial charge in [-0.15, -0.1) is 0 Å². The van der Waals surface area contributed by atoms with Crippen LogP contribution in [0.15, 0.2) is 24.3 Å². The Bertz CT molecular complexity index is 422. The molecule has 0 N–H and O–H groups in total. The highest BCUT2D eigenvalue weighted by Gasteiger charge is 2.40. The zero-order chi connectivity index (χ0) is 11.6. The van der Waals surface area contributed by atoms with Crippen LogP contribution in [-0.2, 0) is 21.4 Å². The van der Waals surface area contributed by atoms with E-state index in [1.165, 1.54) is 5.56 Å². The van der Waals surface area contributed by atoms with E-state index in [0.717, 1.165) is 31.1 Å². The fourth-order valence-electron chi connectivity index (χ4n) is 2.78. The highest BCUT2D eigenvalue weighted by Crippen LogP contribution is 2.40. The third kappa shape index (κ3) is 1.58. The van der Waals surface area contributed by atoms with Gasteiger partial charge in [0.1, 0.15) is 12.1 Å². The lowest BCUT2D eigenvalue weighted by molar-refractivity contribution is -0.125. The van der Waals surface area contributed by atoms with E-state index in [0.29, 0.717) is 6.42 Å². The molecule has 16 heavy (non-hydrogen) atoms. The van der Waals surface area contributed by atoms with Crippen molar-refractivity contribution in [2.24, 2.45) is 0 Å². The molecule has 1 aliphatic rings. The van der Waals surface area contributed by atoms with Gasteiger partial charge in [-0.3, -0.25) is 4.79 Å². The van der Waals surface area contributed by atoms with Crippen LogP contribution in [0, 0.1) is 0 Å². The van der Waals surface area contributed by atoms with E-state index >= 15 is 0 Å². The molecule has 1 aliphatic carbocycles. The highest BCUT2D eigenvalue weighted by molar-refractivity contribution is 5.91. The molecule has 1 aromatic carbocycles. The molecule has 2 rings (SSSR count). The second kappa shape index (κ2) is 4.20. The van der Waals surface area contributed by atoms with Gasteiger partial charge in [0.15, 0.2) is 0 Å². The Balaban J connectivity index is 2.56. The number of hydrogen-bond acceptors (Lipinski definition) is 2. The first-order chi connectivity index (χ1) is 7.70. The van der Waals surface area contributed by atoms with Crippen LogP contribution < -0.4 is 0 Å². The first-order valence-corrected chi connectivity index (χ1v) is 5.74. The SMILES string of the molecule is CC(=O)C1(CC=O)CCCc2ccccc21. The third-order valence-corrected chi connectivity index (χ3v) is 3.69. The second-order valence-electron chi connectivity index (χ2n) is 4.52. The van der Waals surface area contributed by atoms with Gasteiger partial charge in [-0.2, -0.15) is 0 Å². The molecule has 0 aromatic heterocycles. The summed E-state index contributed by atoms with van der Waals surface area (Å²) in [5, 5.41) is 0. The van der Waals surface area contributed by atoms with Gasteiger partial charge in [-0.05, 0) is 37.3 Å². The highest BCUT2D eigenvalue weighted by atomic mass is 16.1. The number of carbonyl (C=O) groups excluding carboxylic acids is 2. The molecule has 0 bridgehead atoms. The van der Waals surface area contributed by atoms with Gasteiger partial charge < -0.3 is 4.79 Å². The van der Waals surface area contributed by atoms with E-state index in [-0.39, 0.29) is 5.78 Å². The molecular weight excluding hydrogens is 200 g/mol. The van der Waals surface area contributed by atoms with Gasteiger partial charge in [0.2, 0.25) is 0 Å². The van der Waals surface area contributed by atoms with Crippen molar-refractivity contribution in [2.45, 2.75) is 38.0 Å². The third-order valence-electron chi connectivity index (χ3n) is 3.69. The van der Waals surface area contributed by atoms with Gasteiger partial charge in [0.25, 0.3) is 0 Å². The molecule has 0 aliphatic heterocycles. The molecule has 0 radical (unpaired) electrons. The van der Waals surface area contributed by atoms with Crippen LogP contribution in [-0.4, -0.2) is 12.1 Å². The van der Waals surface area contributed by atoms with E-state index in [9.17, 15) is 9.59 Å². The zero-order valence-electron chi connectivity index (χ0n) is 9.53. The number of benzene rings is 1. The first kappa shape index (κ1) is 11.1. The van der Waals surface area contributed by atoms with Crippen molar-refractivity contribution in [1.82, 2.24) is 0 Å². The lowest BCUT2D eigenvalue weighted by Gasteiger charge is -2.35. The Labute approximate surface area is 95.7 Å². The van der Waals surface area contributed by atoms with Gasteiger partial charge in [-0.25, -0.2) is 0 Å². The van der Waals surface area contributed by atoms with Crippen LogP contribution in [0.1, 0.15) is 37.3 Å². The van der Waals surface area contributed by atoms with E-state index < -0.39 is 5.41 Å². The second-order valence-corrected chi connectivity index (χ2v) is 4.52. The molecule has 2 heteroatoms. The summed E-state index contributed by atoms with van der Waals surface area (Å²) >= 11 is 0. The normalized spacial score (nSPS) is 23.6. The number of aryl methyl sites for hydroxylation is 1. The van der Waals surface area contributed by atoms with E-state index in [1.807, 2.05) is 18.2 Å². The van der Waals surface area contributed by atoms with Crippen LogP contribution in [0.3, 0.4) is 0 Å². The summed E-state index contributed by atoms with van der Waals surface area (Å²) in [6, 6.07) is 8.01. The summed E-state index contributed by atoms with van der Waals surface area (Å²) in [5.41, 5.74) is 1.75. The smallest absolute Gasteiger partial charge is 0.140 e. The predicted octanol–water partition coefficient (Wildman–Crippen LogP) is 2.44. The van der Waals surface area contributed by atoms with Crippen molar-refractivity contribution in [3.8, 4) is 0 Å². The van der Waals surface area contributed by atoms with Gasteiger partial charge in [0.05, 0.1) is 5.41 Å². The Morgan fingerprint density at radius 3 is 2.88 bits per heavy atom. The Hall–Kier alpha value is -1.44. The van der Waals surface area contributed by atoms with Crippen LogP contribution in [0.4, 0.5) is 0 Å². The Morgan fingerprint density at radius 1 is 1.44 bits per heavy atom. The number of carbonyl (C=O) groups is 2. The van der Waals surface area contributed by atoms with E-state index in [4.69, 9.17) is 0 Å². The fourth-order valence-corrected chi connectivity index (χ4v) is 2.78. The minimum absolute atomic E-state index is 0.117. The molecule has 1 aromatic rings. The maximum absolute atomic E-state index is 11.9. The van der Waals surface area contributed by atoms with Crippen LogP contribution in [0.5, 0.6) is 0 Å². The Morgan fingerprint density at radius 2 is 2.19 bits per heavy atom. The molecule has 0 heterocycles.